The Hall–Kier alpha value is -0.830. The molecule has 0 bridgehead atoms. The summed E-state index contributed by atoms with van der Waals surface area (Å²) in [7, 11) is 0. The molecule has 1 N–H and O–H groups in total. The molecular formula is C11H18N2O. The number of hydrogen-bond donors (Lipinski definition) is 1. The van der Waals surface area contributed by atoms with Crippen molar-refractivity contribution >= 4 is 5.91 Å². The fourth-order valence-electron chi connectivity index (χ4n) is 2.62. The van der Waals surface area contributed by atoms with Gasteiger partial charge in [-0.1, -0.05) is 6.58 Å². The van der Waals surface area contributed by atoms with E-state index in [4.69, 9.17) is 0 Å². The molecule has 78 valence electrons. The molecule has 0 aliphatic carbocycles. The number of amides is 1. The number of nitrogens with zero attached hydrogens (tertiary/aromatic N) is 1. The fraction of sp³-hybridized carbons (Fsp3) is 0.727. The SMILES string of the molecule is C=CC(=O)NC1CCN2CCCC2C1. The maximum Gasteiger partial charge on any atom is 0.243 e. The molecule has 2 fully saturated rings. The van der Waals surface area contributed by atoms with Crippen LogP contribution in [-0.4, -0.2) is 36.0 Å². The van der Waals surface area contributed by atoms with Crippen LogP contribution in [0.25, 0.3) is 0 Å². The summed E-state index contributed by atoms with van der Waals surface area (Å²) in [6.07, 6.45) is 6.21. The van der Waals surface area contributed by atoms with Crippen LogP contribution in [-0.2, 0) is 4.79 Å². The Bertz CT molecular complexity index is 239. The molecule has 2 rings (SSSR count). The van der Waals surface area contributed by atoms with Gasteiger partial charge in [0.05, 0.1) is 0 Å². The van der Waals surface area contributed by atoms with E-state index in [0.717, 1.165) is 25.4 Å². The van der Waals surface area contributed by atoms with Gasteiger partial charge >= 0.3 is 0 Å². The van der Waals surface area contributed by atoms with Crippen LogP contribution >= 0.6 is 0 Å². The molecule has 2 heterocycles. The Labute approximate surface area is 85.2 Å². The molecule has 0 aromatic carbocycles. The Morgan fingerprint density at radius 2 is 2.29 bits per heavy atom. The van der Waals surface area contributed by atoms with Gasteiger partial charge in [-0.2, -0.15) is 0 Å². The lowest BCUT2D eigenvalue weighted by Crippen LogP contribution is -2.46. The third kappa shape index (κ3) is 1.98. The minimum absolute atomic E-state index is 0.0264. The first-order valence-electron chi connectivity index (χ1n) is 5.46. The van der Waals surface area contributed by atoms with Gasteiger partial charge in [0, 0.05) is 18.6 Å². The smallest absolute Gasteiger partial charge is 0.243 e. The van der Waals surface area contributed by atoms with Crippen molar-refractivity contribution in [2.45, 2.75) is 37.8 Å². The summed E-state index contributed by atoms with van der Waals surface area (Å²) in [6, 6.07) is 1.10. The standard InChI is InChI=1S/C11H18N2O/c1-2-11(14)12-9-5-7-13-6-3-4-10(13)8-9/h2,9-10H,1,3-8H2,(H,12,14). The molecule has 2 aliphatic heterocycles. The van der Waals surface area contributed by atoms with Gasteiger partial charge in [0.15, 0.2) is 0 Å². The molecule has 2 unspecified atom stereocenters. The first kappa shape index (κ1) is 9.71. The summed E-state index contributed by atoms with van der Waals surface area (Å²) in [5.74, 6) is -0.0264. The largest absolute Gasteiger partial charge is 0.350 e. The zero-order chi connectivity index (χ0) is 9.97. The van der Waals surface area contributed by atoms with Crippen LogP contribution in [0.15, 0.2) is 12.7 Å². The van der Waals surface area contributed by atoms with Crippen molar-refractivity contribution in [2.24, 2.45) is 0 Å². The second kappa shape index (κ2) is 4.13. The molecule has 2 aliphatic rings. The van der Waals surface area contributed by atoms with E-state index < -0.39 is 0 Å². The van der Waals surface area contributed by atoms with E-state index >= 15 is 0 Å². The van der Waals surface area contributed by atoms with E-state index in [2.05, 4.69) is 16.8 Å². The zero-order valence-electron chi connectivity index (χ0n) is 8.54. The molecule has 0 aromatic heterocycles. The third-order valence-electron chi connectivity index (χ3n) is 3.35. The monoisotopic (exact) mass is 194 g/mol. The Balaban J connectivity index is 1.85. The fourth-order valence-corrected chi connectivity index (χ4v) is 2.62. The topological polar surface area (TPSA) is 32.3 Å². The van der Waals surface area contributed by atoms with Crippen LogP contribution < -0.4 is 5.32 Å². The second-order valence-electron chi connectivity index (χ2n) is 4.27. The van der Waals surface area contributed by atoms with Crippen LogP contribution in [0.5, 0.6) is 0 Å². The molecule has 2 saturated heterocycles. The van der Waals surface area contributed by atoms with Crippen molar-refractivity contribution in [3.63, 3.8) is 0 Å². The normalized spacial score (nSPS) is 32.3. The van der Waals surface area contributed by atoms with Gasteiger partial charge in [-0.3, -0.25) is 4.79 Å². The van der Waals surface area contributed by atoms with Gasteiger partial charge < -0.3 is 10.2 Å². The predicted molar refractivity (Wildman–Crippen MR) is 56.0 cm³/mol. The number of nitrogens with one attached hydrogen (secondary N) is 1. The Kier molecular flexibility index (Phi) is 2.87. The first-order valence-corrected chi connectivity index (χ1v) is 5.46. The van der Waals surface area contributed by atoms with E-state index in [1.807, 2.05) is 0 Å². The average Bonchev–Trinajstić information content (AvgIpc) is 2.64. The number of carbonyl (C=O) groups is 1. The minimum atomic E-state index is -0.0264. The highest BCUT2D eigenvalue weighted by Crippen LogP contribution is 2.26. The number of fused-ring (bicyclic) bond motifs is 1. The summed E-state index contributed by atoms with van der Waals surface area (Å²) in [5, 5.41) is 3.00. The lowest BCUT2D eigenvalue weighted by molar-refractivity contribution is -0.117. The number of rotatable bonds is 2. The van der Waals surface area contributed by atoms with E-state index in [-0.39, 0.29) is 5.91 Å². The van der Waals surface area contributed by atoms with Crippen molar-refractivity contribution in [2.75, 3.05) is 13.1 Å². The molecule has 3 nitrogen and oxygen atoms in total. The quantitative estimate of drug-likeness (QED) is 0.663. The van der Waals surface area contributed by atoms with Crippen LogP contribution in [0.1, 0.15) is 25.7 Å². The highest BCUT2D eigenvalue weighted by molar-refractivity contribution is 5.87. The summed E-state index contributed by atoms with van der Waals surface area (Å²) in [6.45, 7) is 5.87. The van der Waals surface area contributed by atoms with Gasteiger partial charge in [-0.05, 0) is 38.3 Å². The van der Waals surface area contributed by atoms with Crippen molar-refractivity contribution in [1.29, 1.82) is 0 Å². The van der Waals surface area contributed by atoms with Crippen LogP contribution in [0.3, 0.4) is 0 Å². The van der Waals surface area contributed by atoms with Crippen molar-refractivity contribution in [1.82, 2.24) is 10.2 Å². The third-order valence-corrected chi connectivity index (χ3v) is 3.35. The highest BCUT2D eigenvalue weighted by atomic mass is 16.1. The minimum Gasteiger partial charge on any atom is -0.350 e. The summed E-state index contributed by atoms with van der Waals surface area (Å²) >= 11 is 0. The lowest BCUT2D eigenvalue weighted by atomic mass is 9.97. The highest BCUT2D eigenvalue weighted by Gasteiger charge is 2.31. The van der Waals surface area contributed by atoms with E-state index in [1.54, 1.807) is 0 Å². The molecule has 0 saturated carbocycles. The number of hydrogen-bond acceptors (Lipinski definition) is 2. The number of piperidine rings is 1. The van der Waals surface area contributed by atoms with Crippen LogP contribution in [0.2, 0.25) is 0 Å². The molecular weight excluding hydrogens is 176 g/mol. The molecule has 0 spiro atoms. The second-order valence-corrected chi connectivity index (χ2v) is 4.27. The van der Waals surface area contributed by atoms with Crippen molar-refractivity contribution < 1.29 is 4.79 Å². The van der Waals surface area contributed by atoms with E-state index in [0.29, 0.717) is 6.04 Å². The predicted octanol–water partition coefficient (Wildman–Crippen LogP) is 0.915. The van der Waals surface area contributed by atoms with E-state index in [1.165, 1.54) is 25.5 Å². The summed E-state index contributed by atoms with van der Waals surface area (Å²) in [4.78, 5) is 13.7. The maximum atomic E-state index is 11.1. The first-order chi connectivity index (χ1) is 6.79. The Morgan fingerprint density at radius 1 is 1.43 bits per heavy atom. The molecule has 14 heavy (non-hydrogen) atoms. The molecule has 1 amide bonds. The summed E-state index contributed by atoms with van der Waals surface area (Å²) in [5.41, 5.74) is 0. The summed E-state index contributed by atoms with van der Waals surface area (Å²) < 4.78 is 0. The van der Waals surface area contributed by atoms with Gasteiger partial charge in [0.25, 0.3) is 0 Å². The van der Waals surface area contributed by atoms with E-state index in [9.17, 15) is 4.79 Å². The van der Waals surface area contributed by atoms with Gasteiger partial charge in [0.1, 0.15) is 0 Å². The molecule has 0 radical (unpaired) electrons. The van der Waals surface area contributed by atoms with Crippen molar-refractivity contribution in [3.05, 3.63) is 12.7 Å². The maximum absolute atomic E-state index is 11.1. The molecule has 3 heteroatoms. The average molecular weight is 194 g/mol. The Morgan fingerprint density at radius 3 is 3.07 bits per heavy atom. The van der Waals surface area contributed by atoms with Gasteiger partial charge in [-0.25, -0.2) is 0 Å². The van der Waals surface area contributed by atoms with Gasteiger partial charge in [-0.15, -0.1) is 0 Å². The van der Waals surface area contributed by atoms with Gasteiger partial charge in [0.2, 0.25) is 5.91 Å². The molecule has 0 aromatic rings. The molecule has 2 atom stereocenters. The van der Waals surface area contributed by atoms with Crippen molar-refractivity contribution in [3.8, 4) is 0 Å². The number of carbonyl (C=O) groups excluding carboxylic acids is 1. The lowest BCUT2D eigenvalue weighted by Gasteiger charge is -2.34. The zero-order valence-corrected chi connectivity index (χ0v) is 8.54. The van der Waals surface area contributed by atoms with Crippen LogP contribution in [0, 0.1) is 0 Å². The van der Waals surface area contributed by atoms with Crippen LogP contribution in [0.4, 0.5) is 0 Å².